The Kier molecular flexibility index (Phi) is 3.89. The van der Waals surface area contributed by atoms with Gasteiger partial charge >= 0.3 is 0 Å². The Bertz CT molecular complexity index is 1170. The number of halogens is 1. The van der Waals surface area contributed by atoms with Crippen LogP contribution in [0.25, 0.3) is 16.9 Å². The van der Waals surface area contributed by atoms with Gasteiger partial charge < -0.3 is 0 Å². The average Bonchev–Trinajstić information content (AvgIpc) is 2.93. The quantitative estimate of drug-likeness (QED) is 0.672. The van der Waals surface area contributed by atoms with Crippen LogP contribution in [-0.4, -0.2) is 30.3 Å². The van der Waals surface area contributed by atoms with Gasteiger partial charge in [0.2, 0.25) is 0 Å². The van der Waals surface area contributed by atoms with Crippen molar-refractivity contribution >= 4 is 21.6 Å². The van der Waals surface area contributed by atoms with Gasteiger partial charge in [0.05, 0.1) is 22.0 Å². The molecule has 0 bridgehead atoms. The van der Waals surface area contributed by atoms with Crippen LogP contribution < -0.4 is 0 Å². The Balaban J connectivity index is 2.40. The fraction of sp³-hybridized carbons (Fsp3) is 0.118. The maximum absolute atomic E-state index is 13.8. The number of carbonyl (C=O) groups excluding carboxylic acids is 1. The maximum atomic E-state index is 13.8. The van der Waals surface area contributed by atoms with Crippen molar-refractivity contribution in [1.29, 1.82) is 5.26 Å². The van der Waals surface area contributed by atoms with E-state index in [-0.39, 0.29) is 22.0 Å². The summed E-state index contributed by atoms with van der Waals surface area (Å²) in [5, 5.41) is 9.00. The average molecular weight is 357 g/mol. The molecule has 0 spiro atoms. The lowest BCUT2D eigenvalue weighted by atomic mass is 10.1. The van der Waals surface area contributed by atoms with Crippen LogP contribution in [-0.2, 0) is 9.84 Å². The maximum Gasteiger partial charge on any atom is 0.175 e. The van der Waals surface area contributed by atoms with Crippen LogP contribution in [0, 0.1) is 24.1 Å². The molecule has 3 rings (SSSR count). The van der Waals surface area contributed by atoms with Crippen LogP contribution in [0.3, 0.4) is 0 Å². The minimum absolute atomic E-state index is 0.0424. The van der Waals surface area contributed by atoms with Gasteiger partial charge in [-0.25, -0.2) is 17.8 Å². The monoisotopic (exact) mass is 357 g/mol. The first kappa shape index (κ1) is 16.8. The first-order chi connectivity index (χ1) is 11.8. The summed E-state index contributed by atoms with van der Waals surface area (Å²) in [4.78, 5) is 15.7. The predicted molar refractivity (Wildman–Crippen MR) is 88.5 cm³/mol. The second-order valence-corrected chi connectivity index (χ2v) is 7.56. The Morgan fingerprint density at radius 1 is 1.32 bits per heavy atom. The standard InChI is InChI=1S/C17H12FN3O3S/c1-10-15(25(2,23)24)3-4-21-16(10)14(9-22)20-17(21)12-5-11(8-19)6-13(18)7-12/h3-7,9H,1-2H3. The van der Waals surface area contributed by atoms with E-state index in [1.807, 2.05) is 6.07 Å². The highest BCUT2D eigenvalue weighted by atomic mass is 32.2. The van der Waals surface area contributed by atoms with E-state index >= 15 is 0 Å². The van der Waals surface area contributed by atoms with Crippen LogP contribution in [0.4, 0.5) is 4.39 Å². The van der Waals surface area contributed by atoms with Gasteiger partial charge in [-0.05, 0) is 36.8 Å². The molecule has 0 saturated heterocycles. The number of aryl methyl sites for hydroxylation is 1. The number of carbonyl (C=O) groups is 1. The second-order valence-electron chi connectivity index (χ2n) is 5.57. The zero-order chi connectivity index (χ0) is 18.4. The van der Waals surface area contributed by atoms with E-state index in [4.69, 9.17) is 5.26 Å². The molecule has 126 valence electrons. The van der Waals surface area contributed by atoms with Gasteiger partial charge in [-0.2, -0.15) is 5.26 Å². The van der Waals surface area contributed by atoms with Crippen LogP contribution in [0.15, 0.2) is 35.4 Å². The highest BCUT2D eigenvalue weighted by molar-refractivity contribution is 7.90. The number of benzene rings is 1. The minimum Gasteiger partial charge on any atom is -0.299 e. The summed E-state index contributed by atoms with van der Waals surface area (Å²) in [6, 6.07) is 7.01. The number of aromatic nitrogens is 2. The number of hydrogen-bond donors (Lipinski definition) is 0. The van der Waals surface area contributed by atoms with Gasteiger partial charge in [0, 0.05) is 18.0 Å². The van der Waals surface area contributed by atoms with E-state index in [9.17, 15) is 17.6 Å². The van der Waals surface area contributed by atoms with Crippen LogP contribution in [0.2, 0.25) is 0 Å². The number of sulfone groups is 1. The first-order valence-electron chi connectivity index (χ1n) is 7.14. The molecule has 25 heavy (non-hydrogen) atoms. The third-order valence-corrected chi connectivity index (χ3v) is 5.08. The van der Waals surface area contributed by atoms with Gasteiger partial charge in [0.25, 0.3) is 0 Å². The normalized spacial score (nSPS) is 11.4. The molecule has 0 radical (unpaired) electrons. The fourth-order valence-corrected chi connectivity index (χ4v) is 3.78. The summed E-state index contributed by atoms with van der Waals surface area (Å²) in [6.07, 6.45) is 3.06. The highest BCUT2D eigenvalue weighted by Crippen LogP contribution is 2.28. The summed E-state index contributed by atoms with van der Waals surface area (Å²) >= 11 is 0. The molecular formula is C17H12FN3O3S. The number of nitriles is 1. The largest absolute Gasteiger partial charge is 0.299 e. The Morgan fingerprint density at radius 2 is 2.04 bits per heavy atom. The van der Waals surface area contributed by atoms with Crippen molar-refractivity contribution in [2.24, 2.45) is 0 Å². The zero-order valence-corrected chi connectivity index (χ0v) is 14.1. The SMILES string of the molecule is Cc1c(S(C)(=O)=O)ccn2c(-c3cc(F)cc(C#N)c3)nc(C=O)c12. The molecule has 0 N–H and O–H groups in total. The molecular weight excluding hydrogens is 345 g/mol. The molecule has 0 fully saturated rings. The summed E-state index contributed by atoms with van der Waals surface area (Å²) < 4.78 is 39.1. The van der Waals surface area contributed by atoms with E-state index < -0.39 is 15.7 Å². The number of fused-ring (bicyclic) bond motifs is 1. The van der Waals surface area contributed by atoms with Crippen LogP contribution in [0.5, 0.6) is 0 Å². The fourth-order valence-electron chi connectivity index (χ4n) is 2.82. The van der Waals surface area contributed by atoms with Crippen LogP contribution >= 0.6 is 0 Å². The van der Waals surface area contributed by atoms with E-state index in [1.165, 1.54) is 28.8 Å². The van der Waals surface area contributed by atoms with Gasteiger partial charge in [-0.3, -0.25) is 9.20 Å². The van der Waals surface area contributed by atoms with Gasteiger partial charge in [0.1, 0.15) is 17.3 Å². The van der Waals surface area contributed by atoms with Crippen LogP contribution in [0.1, 0.15) is 21.6 Å². The molecule has 6 nitrogen and oxygen atoms in total. The number of hydrogen-bond acceptors (Lipinski definition) is 5. The van der Waals surface area contributed by atoms with Crippen molar-refractivity contribution in [2.45, 2.75) is 11.8 Å². The Hall–Kier alpha value is -3.05. The van der Waals surface area contributed by atoms with Gasteiger partial charge in [-0.1, -0.05) is 0 Å². The Morgan fingerprint density at radius 3 is 2.64 bits per heavy atom. The Labute approximate surface area is 143 Å². The molecule has 3 aromatic rings. The molecule has 8 heteroatoms. The van der Waals surface area contributed by atoms with Crippen molar-refractivity contribution in [3.8, 4) is 17.5 Å². The molecule has 0 unspecified atom stereocenters. The second kappa shape index (κ2) is 5.79. The minimum atomic E-state index is -3.48. The molecule has 2 aromatic heterocycles. The molecule has 0 amide bonds. The van der Waals surface area contributed by atoms with Gasteiger partial charge in [0.15, 0.2) is 16.1 Å². The van der Waals surface area contributed by atoms with Crippen molar-refractivity contribution in [3.05, 3.63) is 53.1 Å². The lowest BCUT2D eigenvalue weighted by Crippen LogP contribution is -2.03. The van der Waals surface area contributed by atoms with Crippen molar-refractivity contribution < 1.29 is 17.6 Å². The highest BCUT2D eigenvalue weighted by Gasteiger charge is 2.20. The summed E-state index contributed by atoms with van der Waals surface area (Å²) in [7, 11) is -3.48. The van der Waals surface area contributed by atoms with Crippen molar-refractivity contribution in [3.63, 3.8) is 0 Å². The van der Waals surface area contributed by atoms with Crippen molar-refractivity contribution in [2.75, 3.05) is 6.26 Å². The summed E-state index contributed by atoms with van der Waals surface area (Å²) in [5.74, 6) is -0.362. The topological polar surface area (TPSA) is 92.3 Å². The number of nitrogens with zero attached hydrogens (tertiary/aromatic N) is 3. The van der Waals surface area contributed by atoms with Crippen molar-refractivity contribution in [1.82, 2.24) is 9.38 Å². The number of pyridine rings is 1. The zero-order valence-electron chi connectivity index (χ0n) is 13.3. The number of imidazole rings is 1. The molecule has 1 aromatic carbocycles. The predicted octanol–water partition coefficient (Wildman–Crippen LogP) is 2.54. The molecule has 0 aliphatic carbocycles. The van der Waals surface area contributed by atoms with E-state index in [2.05, 4.69) is 4.98 Å². The lowest BCUT2D eigenvalue weighted by molar-refractivity contribution is 0.112. The number of aldehydes is 1. The summed E-state index contributed by atoms with van der Waals surface area (Å²) in [5.41, 5.74) is 1.18. The molecule has 0 atom stereocenters. The molecule has 0 aliphatic rings. The third kappa shape index (κ3) is 2.79. The van der Waals surface area contributed by atoms with E-state index in [1.54, 1.807) is 6.92 Å². The van der Waals surface area contributed by atoms with Gasteiger partial charge in [-0.15, -0.1) is 0 Å². The molecule has 2 heterocycles. The van der Waals surface area contributed by atoms with E-state index in [0.717, 1.165) is 12.3 Å². The van der Waals surface area contributed by atoms with E-state index in [0.29, 0.717) is 22.9 Å². The molecule has 0 aliphatic heterocycles. The first-order valence-corrected chi connectivity index (χ1v) is 9.03. The molecule has 0 saturated carbocycles. The lowest BCUT2D eigenvalue weighted by Gasteiger charge is -2.08. The number of rotatable bonds is 3. The smallest absolute Gasteiger partial charge is 0.175 e. The summed E-state index contributed by atoms with van der Waals surface area (Å²) in [6.45, 7) is 1.58. The third-order valence-electron chi connectivity index (χ3n) is 3.83.